The monoisotopic (exact) mass is 531 g/mol. The van der Waals surface area contributed by atoms with Gasteiger partial charge in [0.05, 0.1) is 41.4 Å². The van der Waals surface area contributed by atoms with Crippen LogP contribution in [-0.2, 0) is 0 Å². The Hall–Kier alpha value is -3.74. The molecule has 0 saturated heterocycles. The van der Waals surface area contributed by atoms with E-state index in [-0.39, 0.29) is 0 Å². The van der Waals surface area contributed by atoms with Crippen LogP contribution in [0.3, 0.4) is 0 Å². The molecule has 10 heteroatoms. The van der Waals surface area contributed by atoms with Gasteiger partial charge in [-0.15, -0.1) is 5.10 Å². The van der Waals surface area contributed by atoms with Gasteiger partial charge in [0.25, 0.3) is 0 Å². The van der Waals surface area contributed by atoms with Crippen molar-refractivity contribution >= 4 is 33.9 Å². The van der Waals surface area contributed by atoms with E-state index in [0.717, 1.165) is 25.7 Å². The van der Waals surface area contributed by atoms with Gasteiger partial charge in [-0.3, -0.25) is 4.98 Å². The summed E-state index contributed by atoms with van der Waals surface area (Å²) in [6.07, 6.45) is 11.0. The van der Waals surface area contributed by atoms with Gasteiger partial charge < -0.3 is 10.7 Å². The average molecular weight is 532 g/mol. The van der Waals surface area contributed by atoms with E-state index in [0.29, 0.717) is 56.2 Å². The van der Waals surface area contributed by atoms with Gasteiger partial charge in [-0.1, -0.05) is 48.2 Å². The summed E-state index contributed by atoms with van der Waals surface area (Å²) in [6.45, 7) is 0. The fourth-order valence-corrected chi connectivity index (χ4v) is 5.19. The number of rotatable bonds is 8. The van der Waals surface area contributed by atoms with Gasteiger partial charge in [0.1, 0.15) is 17.6 Å². The van der Waals surface area contributed by atoms with E-state index < -0.39 is 11.8 Å². The van der Waals surface area contributed by atoms with Crippen LogP contribution in [0.1, 0.15) is 75.2 Å². The molecule has 0 amide bonds. The van der Waals surface area contributed by atoms with Crippen molar-refractivity contribution in [1.82, 2.24) is 25.4 Å². The van der Waals surface area contributed by atoms with Crippen LogP contribution in [0.25, 0.3) is 10.9 Å². The van der Waals surface area contributed by atoms with Crippen molar-refractivity contribution in [2.45, 2.75) is 63.0 Å². The Labute approximate surface area is 226 Å². The normalized spacial score (nSPS) is 18.0. The summed E-state index contributed by atoms with van der Waals surface area (Å²) in [5.41, 5.74) is 9.53. The van der Waals surface area contributed by atoms with Crippen molar-refractivity contribution in [1.29, 1.82) is 5.26 Å². The van der Waals surface area contributed by atoms with Gasteiger partial charge in [0, 0.05) is 23.3 Å². The first kappa shape index (κ1) is 23.4. The highest BCUT2D eigenvalue weighted by atomic mass is 35.5. The first-order valence-corrected chi connectivity index (χ1v) is 13.3. The number of anilines is 2. The minimum absolute atomic E-state index is 0.291. The predicted octanol–water partition coefficient (Wildman–Crippen LogP) is 6.28. The molecule has 0 bridgehead atoms. The fourth-order valence-electron chi connectivity index (χ4n) is 4.93. The third kappa shape index (κ3) is 5.15. The maximum Gasteiger partial charge on any atom is 0.123 e. The Morgan fingerprint density at radius 1 is 1.13 bits per heavy atom. The predicted molar refractivity (Wildman–Crippen MR) is 145 cm³/mol. The molecule has 2 heterocycles. The minimum Gasteiger partial charge on any atom is -0.373 e. The number of aromatic nitrogens is 4. The van der Waals surface area contributed by atoms with Crippen LogP contribution < -0.4 is 16.2 Å². The van der Waals surface area contributed by atoms with Crippen LogP contribution in [0.4, 0.5) is 15.8 Å². The summed E-state index contributed by atoms with van der Waals surface area (Å²) < 4.78 is 25.1. The molecule has 0 radical (unpaired) electrons. The molecular weight excluding hydrogens is 503 g/mol. The Morgan fingerprint density at radius 3 is 2.66 bits per heavy atom. The summed E-state index contributed by atoms with van der Waals surface area (Å²) in [7, 11) is 0. The summed E-state index contributed by atoms with van der Waals surface area (Å²) >= 11 is 6.70. The van der Waals surface area contributed by atoms with E-state index >= 15 is 0 Å². The second-order valence-corrected chi connectivity index (χ2v) is 10.3. The van der Waals surface area contributed by atoms with Crippen molar-refractivity contribution in [2.24, 2.45) is 0 Å². The zero-order valence-corrected chi connectivity index (χ0v) is 21.5. The van der Waals surface area contributed by atoms with Crippen LogP contribution in [-0.4, -0.2) is 26.0 Å². The number of nitriles is 1. The first-order chi connectivity index (χ1) is 18.9. The van der Waals surface area contributed by atoms with Crippen molar-refractivity contribution in [2.75, 3.05) is 10.7 Å². The van der Waals surface area contributed by atoms with E-state index in [1.165, 1.54) is 37.6 Å². The molecule has 3 N–H and O–H groups in total. The highest BCUT2D eigenvalue weighted by Gasteiger charge is 2.27. The van der Waals surface area contributed by atoms with Crippen molar-refractivity contribution < 1.29 is 5.76 Å². The SMILES string of the molecule is [2H][C@](Nc1cc(Cl)c2ncc(C#N)c(NNC3CCCCC3)c2c1)(c1ccc(F)cc1)c1cn(C2CC2)nn1. The quantitative estimate of drug-likeness (QED) is 0.230. The smallest absolute Gasteiger partial charge is 0.123 e. The van der Waals surface area contributed by atoms with Crippen LogP contribution in [0.5, 0.6) is 0 Å². The third-order valence-electron chi connectivity index (χ3n) is 7.14. The molecule has 2 aliphatic carbocycles. The zero-order chi connectivity index (χ0) is 27.0. The maximum absolute atomic E-state index is 13.8. The first-order valence-electron chi connectivity index (χ1n) is 13.4. The number of nitrogens with one attached hydrogen (secondary N) is 3. The van der Waals surface area contributed by atoms with E-state index in [1.54, 1.807) is 29.1 Å². The number of hydrazine groups is 1. The van der Waals surface area contributed by atoms with E-state index in [1.807, 2.05) is 6.07 Å². The molecule has 0 unspecified atom stereocenters. The van der Waals surface area contributed by atoms with Gasteiger partial charge in [0.15, 0.2) is 0 Å². The molecule has 2 saturated carbocycles. The number of hydrogen-bond donors (Lipinski definition) is 3. The minimum atomic E-state index is -1.59. The molecule has 8 nitrogen and oxygen atoms in total. The van der Waals surface area contributed by atoms with Crippen molar-refractivity contribution in [3.05, 3.63) is 76.5 Å². The van der Waals surface area contributed by atoms with Crippen LogP contribution in [0.15, 0.2) is 48.8 Å². The molecule has 2 aromatic heterocycles. The molecule has 4 aromatic rings. The molecule has 0 spiro atoms. The van der Waals surface area contributed by atoms with Gasteiger partial charge >= 0.3 is 0 Å². The lowest BCUT2D eigenvalue weighted by molar-refractivity contribution is 0.393. The molecule has 2 aromatic carbocycles. The van der Waals surface area contributed by atoms with Crippen LogP contribution in [0, 0.1) is 17.1 Å². The number of pyridine rings is 1. The van der Waals surface area contributed by atoms with Gasteiger partial charge in [-0.05, 0) is 55.5 Å². The van der Waals surface area contributed by atoms with E-state index in [4.69, 9.17) is 11.6 Å². The third-order valence-corrected chi connectivity index (χ3v) is 7.43. The second kappa shape index (κ2) is 10.6. The summed E-state index contributed by atoms with van der Waals surface area (Å²) in [6, 6.07) is 10.5. The number of nitrogens with zero attached hydrogens (tertiary/aromatic N) is 5. The van der Waals surface area contributed by atoms with Crippen LogP contribution >= 0.6 is 11.6 Å². The molecule has 0 aliphatic heterocycles. The number of hydrogen-bond acceptors (Lipinski definition) is 7. The topological polar surface area (TPSA) is 103 Å². The van der Waals surface area contributed by atoms with Crippen LogP contribution in [0.2, 0.25) is 5.02 Å². The van der Waals surface area contributed by atoms with Crippen molar-refractivity contribution in [3.8, 4) is 6.07 Å². The lowest BCUT2D eigenvalue weighted by atomic mass is 9.96. The molecule has 6 rings (SSSR count). The Balaban J connectivity index is 1.40. The zero-order valence-electron chi connectivity index (χ0n) is 21.7. The fraction of sp³-hybridized carbons (Fsp3) is 0.357. The standard InChI is InChI=1S/C28H28ClFN8/c29-24-13-21(12-23-26(18(14-31)15-32-28(23)24)36-34-20-4-2-1-3-5-20)33-27(17-6-8-19(30)9-7-17)25-16-38(37-35-25)22-10-11-22/h6-9,12-13,15-16,20,22,27,33-34H,1-5,10-11H2,(H,32,36)/t27-/m0/s1/i27D. The number of benzene rings is 2. The van der Waals surface area contributed by atoms with Gasteiger partial charge in [0.2, 0.25) is 0 Å². The highest BCUT2D eigenvalue weighted by molar-refractivity contribution is 6.35. The van der Waals surface area contributed by atoms with Gasteiger partial charge in [-0.25, -0.2) is 14.5 Å². The number of halogens is 2. The summed E-state index contributed by atoms with van der Waals surface area (Å²) in [5.74, 6) is -0.396. The van der Waals surface area contributed by atoms with E-state index in [2.05, 4.69) is 37.5 Å². The molecule has 1 atom stereocenters. The molecular formula is C28H28ClFN8. The number of fused-ring (bicyclic) bond motifs is 1. The lowest BCUT2D eigenvalue weighted by Gasteiger charge is -2.24. The maximum atomic E-state index is 13.8. The lowest BCUT2D eigenvalue weighted by Crippen LogP contribution is -2.35. The highest BCUT2D eigenvalue weighted by Crippen LogP contribution is 2.37. The largest absolute Gasteiger partial charge is 0.373 e. The summed E-state index contributed by atoms with van der Waals surface area (Å²) in [4.78, 5) is 4.44. The average Bonchev–Trinajstić information content (AvgIpc) is 3.68. The van der Waals surface area contributed by atoms with Gasteiger partial charge in [-0.2, -0.15) is 5.26 Å². The Morgan fingerprint density at radius 2 is 1.92 bits per heavy atom. The molecule has 2 aliphatic rings. The Kier molecular flexibility index (Phi) is 6.50. The molecule has 2 fully saturated rings. The second-order valence-electron chi connectivity index (χ2n) is 9.94. The molecule has 38 heavy (non-hydrogen) atoms. The summed E-state index contributed by atoms with van der Waals surface area (Å²) in [5, 5.41) is 22.7. The van der Waals surface area contributed by atoms with E-state index in [9.17, 15) is 11.0 Å². The molecule has 194 valence electrons. The Bertz CT molecular complexity index is 1540. The van der Waals surface area contributed by atoms with Crippen molar-refractivity contribution in [3.63, 3.8) is 0 Å².